The van der Waals surface area contributed by atoms with Crippen LogP contribution in [0.4, 0.5) is 0 Å². The monoisotopic (exact) mass is 378 g/mol. The number of aryl methyl sites for hydroxylation is 1. The Morgan fingerprint density at radius 2 is 2.14 bits per heavy atom. The van der Waals surface area contributed by atoms with Gasteiger partial charge in [0.25, 0.3) is 5.91 Å². The molecule has 3 rings (SSSR count). The normalized spacial score (nSPS) is 11.6. The molecule has 0 spiro atoms. The van der Waals surface area contributed by atoms with E-state index < -0.39 is 11.9 Å². The number of aromatic nitrogens is 4. The summed E-state index contributed by atoms with van der Waals surface area (Å²) in [6.45, 7) is 4.13. The Morgan fingerprint density at radius 3 is 2.79 bits per heavy atom. The van der Waals surface area contributed by atoms with Crippen LogP contribution < -0.4 is 5.32 Å². The summed E-state index contributed by atoms with van der Waals surface area (Å²) in [4.78, 5) is 23.0. The van der Waals surface area contributed by atoms with Crippen molar-refractivity contribution in [3.05, 3.63) is 59.0 Å². The Morgan fingerprint density at radius 1 is 1.36 bits per heavy atom. The zero-order valence-electron chi connectivity index (χ0n) is 15.3. The molecule has 9 nitrogen and oxygen atoms in total. The van der Waals surface area contributed by atoms with Gasteiger partial charge in [0.1, 0.15) is 5.69 Å². The molecule has 0 aliphatic rings. The number of benzene rings is 1. The summed E-state index contributed by atoms with van der Waals surface area (Å²) in [6.07, 6.45) is 1.81. The van der Waals surface area contributed by atoms with E-state index in [9.17, 15) is 9.59 Å². The zero-order valence-corrected chi connectivity index (χ0v) is 15.3. The van der Waals surface area contributed by atoms with Gasteiger partial charge in [-0.1, -0.05) is 6.07 Å². The molecule has 0 bridgehead atoms. The number of carbonyl (C=O) groups excluding carboxylic acids is 1. The van der Waals surface area contributed by atoms with E-state index in [-0.39, 0.29) is 17.4 Å². The smallest absolute Gasteiger partial charge is 0.356 e. The lowest BCUT2D eigenvalue weighted by atomic mass is 10.0. The van der Waals surface area contributed by atoms with Crippen LogP contribution in [-0.2, 0) is 6.54 Å². The van der Waals surface area contributed by atoms with Crippen LogP contribution in [0.2, 0.25) is 0 Å². The summed E-state index contributed by atoms with van der Waals surface area (Å²) in [5, 5.41) is 31.1. The molecule has 0 fully saturated rings. The third-order valence-electron chi connectivity index (χ3n) is 4.16. The maximum absolute atomic E-state index is 12.2. The summed E-state index contributed by atoms with van der Waals surface area (Å²) < 4.78 is 1.71. The molecule has 0 unspecified atom stereocenters. The Hall–Kier alpha value is -3.93. The number of aromatic amines is 1. The predicted octanol–water partition coefficient (Wildman–Crippen LogP) is 1.97. The minimum atomic E-state index is -1.20. The highest BCUT2D eigenvalue weighted by molar-refractivity contribution is 5.95. The number of nitrogens with zero attached hydrogens (tertiary/aromatic N) is 4. The Kier molecular flexibility index (Phi) is 5.22. The molecule has 9 heteroatoms. The highest BCUT2D eigenvalue weighted by Crippen LogP contribution is 2.20. The lowest BCUT2D eigenvalue weighted by Crippen LogP contribution is -2.36. The van der Waals surface area contributed by atoms with E-state index >= 15 is 0 Å². The number of amides is 1. The van der Waals surface area contributed by atoms with Crippen LogP contribution in [0, 0.1) is 18.3 Å². The molecule has 0 saturated carbocycles. The van der Waals surface area contributed by atoms with Gasteiger partial charge >= 0.3 is 5.97 Å². The molecule has 0 aliphatic heterocycles. The van der Waals surface area contributed by atoms with Gasteiger partial charge < -0.3 is 10.4 Å². The number of hydrogen-bond donors (Lipinski definition) is 3. The van der Waals surface area contributed by atoms with Crippen molar-refractivity contribution in [2.45, 2.75) is 26.4 Å². The molecule has 0 aliphatic carbocycles. The second kappa shape index (κ2) is 7.75. The van der Waals surface area contributed by atoms with E-state index in [2.05, 4.69) is 26.7 Å². The lowest BCUT2D eigenvalue weighted by Gasteiger charge is -2.13. The van der Waals surface area contributed by atoms with Gasteiger partial charge in [-0.2, -0.15) is 15.5 Å². The largest absolute Gasteiger partial charge is 0.476 e. The van der Waals surface area contributed by atoms with Gasteiger partial charge in [0, 0.05) is 23.9 Å². The van der Waals surface area contributed by atoms with Crippen LogP contribution >= 0.6 is 0 Å². The third kappa shape index (κ3) is 4.07. The Labute approximate surface area is 160 Å². The van der Waals surface area contributed by atoms with Crippen molar-refractivity contribution < 1.29 is 14.7 Å². The Bertz CT molecular complexity index is 1080. The van der Waals surface area contributed by atoms with Crippen LogP contribution in [0.1, 0.15) is 39.0 Å². The molecule has 1 amide bonds. The first-order valence-electron chi connectivity index (χ1n) is 8.51. The van der Waals surface area contributed by atoms with E-state index in [0.717, 1.165) is 16.8 Å². The number of hydrogen-bond acceptors (Lipinski definition) is 5. The Balaban J connectivity index is 1.64. The third-order valence-corrected chi connectivity index (χ3v) is 4.16. The molecular weight excluding hydrogens is 360 g/mol. The molecule has 28 heavy (non-hydrogen) atoms. The molecule has 0 radical (unpaired) electrons. The van der Waals surface area contributed by atoms with Gasteiger partial charge in [0.2, 0.25) is 0 Å². The summed E-state index contributed by atoms with van der Waals surface area (Å²) in [5.41, 5.74) is 3.06. The first kappa shape index (κ1) is 18.8. The first-order valence-corrected chi connectivity index (χ1v) is 8.51. The van der Waals surface area contributed by atoms with Gasteiger partial charge in [-0.3, -0.25) is 14.6 Å². The average Bonchev–Trinajstić information content (AvgIpc) is 3.31. The van der Waals surface area contributed by atoms with Crippen molar-refractivity contribution >= 4 is 11.9 Å². The highest BCUT2D eigenvalue weighted by Gasteiger charge is 2.16. The number of H-pyrrole nitrogens is 1. The lowest BCUT2D eigenvalue weighted by molar-refractivity contribution is 0.0690. The fourth-order valence-electron chi connectivity index (χ4n) is 2.74. The number of carbonyl (C=O) groups is 2. The molecule has 3 N–H and O–H groups in total. The van der Waals surface area contributed by atoms with Gasteiger partial charge in [-0.25, -0.2) is 4.79 Å². The predicted molar refractivity (Wildman–Crippen MR) is 99.6 cm³/mol. The first-order chi connectivity index (χ1) is 13.4. The maximum Gasteiger partial charge on any atom is 0.356 e. The van der Waals surface area contributed by atoms with Crippen LogP contribution in [0.5, 0.6) is 0 Å². The molecular formula is C19H18N6O3. The van der Waals surface area contributed by atoms with Crippen LogP contribution in [0.3, 0.4) is 0 Å². The second-order valence-corrected chi connectivity index (χ2v) is 6.41. The SMILES string of the molecule is Cc1cc(-c2ccn(C[C@@H](C)NC(=O)c3cc(C(=O)O)n[nH]3)n2)ccc1C#N. The van der Waals surface area contributed by atoms with Crippen LogP contribution in [0.25, 0.3) is 11.3 Å². The van der Waals surface area contributed by atoms with Gasteiger partial charge in [0.15, 0.2) is 5.69 Å². The summed E-state index contributed by atoms with van der Waals surface area (Å²) in [5.74, 6) is -1.65. The van der Waals surface area contributed by atoms with E-state index in [1.807, 2.05) is 38.2 Å². The van der Waals surface area contributed by atoms with Crippen molar-refractivity contribution in [2.75, 3.05) is 0 Å². The number of carboxylic acid groups (broad SMARTS) is 1. The van der Waals surface area contributed by atoms with Crippen molar-refractivity contribution in [3.63, 3.8) is 0 Å². The highest BCUT2D eigenvalue weighted by atomic mass is 16.4. The minimum absolute atomic E-state index is 0.0819. The van der Waals surface area contributed by atoms with E-state index in [1.165, 1.54) is 6.07 Å². The van der Waals surface area contributed by atoms with E-state index in [4.69, 9.17) is 10.4 Å². The molecule has 0 saturated heterocycles. The summed E-state index contributed by atoms with van der Waals surface area (Å²) in [6, 6.07) is 10.5. The van der Waals surface area contributed by atoms with Gasteiger partial charge in [-0.05, 0) is 37.6 Å². The van der Waals surface area contributed by atoms with Crippen molar-refractivity contribution in [2.24, 2.45) is 0 Å². The molecule has 1 atom stereocenters. The van der Waals surface area contributed by atoms with Crippen LogP contribution in [0.15, 0.2) is 36.5 Å². The molecule has 3 aromatic rings. The number of nitrogens with one attached hydrogen (secondary N) is 2. The fraction of sp³-hybridized carbons (Fsp3) is 0.211. The second-order valence-electron chi connectivity index (χ2n) is 6.41. The standard InChI is InChI=1S/C19H18N6O3/c1-11-7-13(3-4-14(11)9-20)15-5-6-25(24-15)10-12(2)21-18(26)16-8-17(19(27)28)23-22-16/h3-8,12H,10H2,1-2H3,(H,21,26)(H,22,23)(H,27,28)/t12-/m1/s1. The average molecular weight is 378 g/mol. The topological polar surface area (TPSA) is 137 Å². The number of nitriles is 1. The molecule has 1 aromatic carbocycles. The maximum atomic E-state index is 12.2. The van der Waals surface area contributed by atoms with Gasteiger partial charge in [-0.15, -0.1) is 0 Å². The van der Waals surface area contributed by atoms with Gasteiger partial charge in [0.05, 0.1) is 23.9 Å². The molecule has 2 aromatic heterocycles. The molecule has 142 valence electrons. The quantitative estimate of drug-likeness (QED) is 0.600. The van der Waals surface area contributed by atoms with E-state index in [1.54, 1.807) is 10.7 Å². The number of aromatic carboxylic acids is 1. The summed E-state index contributed by atoms with van der Waals surface area (Å²) >= 11 is 0. The van der Waals surface area contributed by atoms with Crippen molar-refractivity contribution in [1.29, 1.82) is 5.26 Å². The van der Waals surface area contributed by atoms with Crippen molar-refractivity contribution in [1.82, 2.24) is 25.3 Å². The number of rotatable bonds is 6. The summed E-state index contributed by atoms with van der Waals surface area (Å²) in [7, 11) is 0. The fourth-order valence-corrected chi connectivity index (χ4v) is 2.74. The van der Waals surface area contributed by atoms with Crippen molar-refractivity contribution in [3.8, 4) is 17.3 Å². The number of carboxylic acids is 1. The van der Waals surface area contributed by atoms with E-state index in [0.29, 0.717) is 12.1 Å². The van der Waals surface area contributed by atoms with Crippen LogP contribution in [-0.4, -0.2) is 43.0 Å². The molecule has 2 heterocycles. The zero-order chi connectivity index (χ0) is 20.3. The minimum Gasteiger partial charge on any atom is -0.476 e.